The number of amides is 2. The Morgan fingerprint density at radius 3 is 2.48 bits per heavy atom. The second-order valence-electron chi connectivity index (χ2n) is 5.75. The molecule has 144 valence electrons. The van der Waals surface area contributed by atoms with E-state index in [1.165, 1.54) is 12.1 Å². The van der Waals surface area contributed by atoms with Crippen molar-refractivity contribution in [2.45, 2.75) is 18.7 Å². The summed E-state index contributed by atoms with van der Waals surface area (Å²) in [7, 11) is -4.00. The van der Waals surface area contributed by atoms with Crippen molar-refractivity contribution >= 4 is 33.4 Å². The van der Waals surface area contributed by atoms with Gasteiger partial charge in [0.25, 0.3) is 11.8 Å². The van der Waals surface area contributed by atoms with Crippen molar-refractivity contribution in [3.05, 3.63) is 58.1 Å². The van der Waals surface area contributed by atoms with Crippen LogP contribution in [0, 0.1) is 13.8 Å². The minimum absolute atomic E-state index is 0.000726. The molecule has 0 saturated carbocycles. The molecule has 4 N–H and O–H groups in total. The van der Waals surface area contributed by atoms with E-state index in [-0.39, 0.29) is 22.1 Å². The molecule has 0 aromatic heterocycles. The molecule has 0 aliphatic carbocycles. The molecule has 0 saturated heterocycles. The van der Waals surface area contributed by atoms with E-state index in [2.05, 4.69) is 10.9 Å². The predicted molar refractivity (Wildman–Crippen MR) is 99.8 cm³/mol. The van der Waals surface area contributed by atoms with Gasteiger partial charge >= 0.3 is 0 Å². The van der Waals surface area contributed by atoms with Crippen LogP contribution in [0.15, 0.2) is 41.3 Å². The number of carbonyl (C=O) groups excluding carboxylic acids is 2. The first-order valence-electron chi connectivity index (χ1n) is 7.69. The van der Waals surface area contributed by atoms with Gasteiger partial charge in [-0.25, -0.2) is 13.6 Å². The van der Waals surface area contributed by atoms with E-state index >= 15 is 0 Å². The van der Waals surface area contributed by atoms with Gasteiger partial charge in [-0.1, -0.05) is 23.7 Å². The van der Waals surface area contributed by atoms with Crippen LogP contribution in [0.2, 0.25) is 5.02 Å². The second kappa shape index (κ2) is 8.38. The normalized spacial score (nSPS) is 11.0. The van der Waals surface area contributed by atoms with E-state index < -0.39 is 21.8 Å². The minimum atomic E-state index is -4.00. The lowest BCUT2D eigenvalue weighted by molar-refractivity contribution is -0.123. The molecule has 0 fully saturated rings. The fraction of sp³-hybridized carbons (Fsp3) is 0.176. The molecule has 0 bridgehead atoms. The Morgan fingerprint density at radius 1 is 1.11 bits per heavy atom. The van der Waals surface area contributed by atoms with Crippen LogP contribution in [0.25, 0.3) is 0 Å². The number of carbonyl (C=O) groups is 2. The first-order valence-corrected chi connectivity index (χ1v) is 9.62. The molecule has 2 aromatic carbocycles. The summed E-state index contributed by atoms with van der Waals surface area (Å²) in [4.78, 5) is 23.7. The van der Waals surface area contributed by atoms with E-state index in [9.17, 15) is 18.0 Å². The van der Waals surface area contributed by atoms with Crippen LogP contribution in [0.3, 0.4) is 0 Å². The summed E-state index contributed by atoms with van der Waals surface area (Å²) in [5.41, 5.74) is 6.00. The van der Waals surface area contributed by atoms with Gasteiger partial charge in [0.05, 0.1) is 15.5 Å². The topological polar surface area (TPSA) is 128 Å². The van der Waals surface area contributed by atoms with Crippen LogP contribution in [0.5, 0.6) is 5.75 Å². The summed E-state index contributed by atoms with van der Waals surface area (Å²) >= 11 is 5.90. The quantitative estimate of drug-likeness (QED) is 0.641. The molecule has 2 rings (SSSR count). The molecule has 8 nitrogen and oxygen atoms in total. The lowest BCUT2D eigenvalue weighted by atomic mass is 10.1. The van der Waals surface area contributed by atoms with Gasteiger partial charge in [-0.15, -0.1) is 0 Å². The number of rotatable bonds is 5. The van der Waals surface area contributed by atoms with Gasteiger partial charge in [-0.3, -0.25) is 20.4 Å². The van der Waals surface area contributed by atoms with Gasteiger partial charge in [-0.2, -0.15) is 0 Å². The van der Waals surface area contributed by atoms with Crippen molar-refractivity contribution in [1.29, 1.82) is 0 Å². The standard InChI is InChI=1S/C17H18ClN3O5S/c1-10-3-4-11(2)15(7-10)26-9-16(22)20-21-17(23)13-8-12(27(19,24)25)5-6-14(13)18/h3-8H,9H2,1-2H3,(H,20,22)(H,21,23)(H2,19,24,25). The Morgan fingerprint density at radius 2 is 1.81 bits per heavy atom. The molecule has 0 heterocycles. The van der Waals surface area contributed by atoms with E-state index in [0.717, 1.165) is 17.2 Å². The van der Waals surface area contributed by atoms with Gasteiger partial charge in [0.15, 0.2) is 6.61 Å². The summed E-state index contributed by atoms with van der Waals surface area (Å²) < 4.78 is 28.2. The van der Waals surface area contributed by atoms with Crippen LogP contribution in [0.1, 0.15) is 21.5 Å². The number of aryl methyl sites for hydroxylation is 2. The van der Waals surface area contributed by atoms with Gasteiger partial charge < -0.3 is 4.74 Å². The highest BCUT2D eigenvalue weighted by Gasteiger charge is 2.16. The fourth-order valence-corrected chi connectivity index (χ4v) is 2.83. The smallest absolute Gasteiger partial charge is 0.276 e. The molecule has 0 aliphatic heterocycles. The first-order chi connectivity index (χ1) is 12.6. The monoisotopic (exact) mass is 411 g/mol. The van der Waals surface area contributed by atoms with Crippen molar-refractivity contribution in [2.24, 2.45) is 5.14 Å². The number of benzene rings is 2. The summed E-state index contributed by atoms with van der Waals surface area (Å²) in [6.07, 6.45) is 0. The Bertz CT molecular complexity index is 992. The lowest BCUT2D eigenvalue weighted by Crippen LogP contribution is -2.44. The van der Waals surface area contributed by atoms with Crippen molar-refractivity contribution in [1.82, 2.24) is 10.9 Å². The molecule has 2 aromatic rings. The Kier molecular flexibility index (Phi) is 6.42. The third kappa shape index (κ3) is 5.68. The van der Waals surface area contributed by atoms with E-state index in [1.807, 2.05) is 26.0 Å². The molecular formula is C17H18ClN3O5S. The highest BCUT2D eigenvalue weighted by atomic mass is 35.5. The molecule has 0 aliphatic rings. The number of hydrazine groups is 1. The number of hydrogen-bond acceptors (Lipinski definition) is 5. The van der Waals surface area contributed by atoms with Crippen LogP contribution >= 0.6 is 11.6 Å². The number of hydrogen-bond donors (Lipinski definition) is 3. The lowest BCUT2D eigenvalue weighted by Gasteiger charge is -2.12. The number of sulfonamides is 1. The molecular weight excluding hydrogens is 394 g/mol. The zero-order chi connectivity index (χ0) is 20.2. The van der Waals surface area contributed by atoms with Gasteiger partial charge in [0.2, 0.25) is 10.0 Å². The molecule has 0 radical (unpaired) electrons. The van der Waals surface area contributed by atoms with Crippen molar-refractivity contribution in [2.75, 3.05) is 6.61 Å². The van der Waals surface area contributed by atoms with Crippen LogP contribution < -0.4 is 20.7 Å². The second-order valence-corrected chi connectivity index (χ2v) is 7.72. The fourth-order valence-electron chi connectivity index (χ4n) is 2.09. The zero-order valence-corrected chi connectivity index (χ0v) is 16.1. The van der Waals surface area contributed by atoms with Crippen LogP contribution in [0.4, 0.5) is 0 Å². The third-order valence-corrected chi connectivity index (χ3v) is 4.77. The Labute approximate surface area is 161 Å². The Balaban J connectivity index is 1.97. The third-order valence-electron chi connectivity index (χ3n) is 3.53. The number of nitrogens with one attached hydrogen (secondary N) is 2. The maximum absolute atomic E-state index is 12.1. The van der Waals surface area contributed by atoms with Crippen molar-refractivity contribution in [3.8, 4) is 5.75 Å². The predicted octanol–water partition coefficient (Wildman–Crippen LogP) is 1.44. The summed E-state index contributed by atoms with van der Waals surface area (Å²) in [6.45, 7) is 3.41. The Hall–Kier alpha value is -2.62. The number of ether oxygens (including phenoxy) is 1. The largest absolute Gasteiger partial charge is 0.483 e. The molecule has 2 amide bonds. The molecule has 0 spiro atoms. The number of halogens is 1. The number of primary sulfonamides is 1. The van der Waals surface area contributed by atoms with Gasteiger partial charge in [0, 0.05) is 0 Å². The van der Waals surface area contributed by atoms with E-state index in [4.69, 9.17) is 21.5 Å². The molecule has 10 heteroatoms. The maximum Gasteiger partial charge on any atom is 0.276 e. The number of nitrogens with two attached hydrogens (primary N) is 1. The van der Waals surface area contributed by atoms with Crippen LogP contribution in [-0.2, 0) is 14.8 Å². The van der Waals surface area contributed by atoms with E-state index in [0.29, 0.717) is 5.75 Å². The average molecular weight is 412 g/mol. The van der Waals surface area contributed by atoms with Gasteiger partial charge in [-0.05, 0) is 49.2 Å². The highest BCUT2D eigenvalue weighted by Crippen LogP contribution is 2.20. The summed E-state index contributed by atoms with van der Waals surface area (Å²) in [5.74, 6) is -0.853. The summed E-state index contributed by atoms with van der Waals surface area (Å²) in [6, 6.07) is 8.99. The average Bonchev–Trinajstić information content (AvgIpc) is 2.59. The molecule has 27 heavy (non-hydrogen) atoms. The maximum atomic E-state index is 12.1. The molecule has 0 atom stereocenters. The SMILES string of the molecule is Cc1ccc(C)c(OCC(=O)NNC(=O)c2cc(S(N)(=O)=O)ccc2Cl)c1. The summed E-state index contributed by atoms with van der Waals surface area (Å²) in [5, 5.41) is 5.03. The van der Waals surface area contributed by atoms with Crippen molar-refractivity contribution in [3.63, 3.8) is 0 Å². The highest BCUT2D eigenvalue weighted by molar-refractivity contribution is 7.89. The first kappa shape index (κ1) is 20.7. The van der Waals surface area contributed by atoms with E-state index in [1.54, 1.807) is 6.07 Å². The van der Waals surface area contributed by atoms with Gasteiger partial charge in [0.1, 0.15) is 5.75 Å². The van der Waals surface area contributed by atoms with Crippen LogP contribution in [-0.4, -0.2) is 26.8 Å². The zero-order valence-electron chi connectivity index (χ0n) is 14.6. The van der Waals surface area contributed by atoms with Crippen molar-refractivity contribution < 1.29 is 22.7 Å². The minimum Gasteiger partial charge on any atom is -0.483 e. The molecule has 0 unspecified atom stereocenters.